The van der Waals surface area contributed by atoms with Crippen LogP contribution in [0.2, 0.25) is 0 Å². The zero-order chi connectivity index (χ0) is 20.6. The molecule has 0 aliphatic heterocycles. The van der Waals surface area contributed by atoms with E-state index in [0.717, 1.165) is 16.1 Å². The third-order valence-electron chi connectivity index (χ3n) is 3.99. The Morgan fingerprint density at radius 3 is 2.24 bits per heavy atom. The molecule has 0 spiro atoms. The Morgan fingerprint density at radius 2 is 1.55 bits per heavy atom. The van der Waals surface area contributed by atoms with Crippen molar-refractivity contribution in [3.8, 4) is 10.6 Å². The van der Waals surface area contributed by atoms with Gasteiger partial charge in [-0.3, -0.25) is 25.2 Å². The number of benzene rings is 2. The van der Waals surface area contributed by atoms with Crippen molar-refractivity contribution in [2.45, 2.75) is 13.3 Å². The highest BCUT2D eigenvalue weighted by Crippen LogP contribution is 2.27. The summed E-state index contributed by atoms with van der Waals surface area (Å²) in [6.07, 6.45) is 0.183. The van der Waals surface area contributed by atoms with Crippen molar-refractivity contribution in [3.63, 3.8) is 0 Å². The molecule has 3 N–H and O–H groups in total. The van der Waals surface area contributed by atoms with Gasteiger partial charge < -0.3 is 5.32 Å². The van der Waals surface area contributed by atoms with Gasteiger partial charge in [0.2, 0.25) is 5.91 Å². The number of carbonyl (C=O) groups excluding carboxylic acids is 3. The number of carbonyl (C=O) groups is 3. The molecule has 0 aliphatic rings. The first kappa shape index (κ1) is 20.2. The molecule has 0 bridgehead atoms. The lowest BCUT2D eigenvalue weighted by Crippen LogP contribution is -2.46. The molecule has 29 heavy (non-hydrogen) atoms. The van der Waals surface area contributed by atoms with E-state index in [1.807, 2.05) is 60.7 Å². The molecular formula is C21H20N4O3S. The van der Waals surface area contributed by atoms with Crippen LogP contribution in [0.25, 0.3) is 10.6 Å². The largest absolute Gasteiger partial charge is 0.347 e. The van der Waals surface area contributed by atoms with Crippen molar-refractivity contribution in [3.05, 3.63) is 76.8 Å². The van der Waals surface area contributed by atoms with Gasteiger partial charge >= 0.3 is 0 Å². The molecule has 3 rings (SSSR count). The van der Waals surface area contributed by atoms with Crippen molar-refractivity contribution in [1.29, 1.82) is 0 Å². The average molecular weight is 408 g/mol. The topological polar surface area (TPSA) is 100 Å². The molecule has 0 atom stereocenters. The second kappa shape index (κ2) is 9.61. The van der Waals surface area contributed by atoms with E-state index < -0.39 is 11.8 Å². The number of nitrogens with one attached hydrogen (secondary N) is 3. The van der Waals surface area contributed by atoms with Gasteiger partial charge in [-0.25, -0.2) is 4.98 Å². The number of rotatable bonds is 6. The second-order valence-corrected chi connectivity index (χ2v) is 7.24. The summed E-state index contributed by atoms with van der Waals surface area (Å²) in [7, 11) is 0. The summed E-state index contributed by atoms with van der Waals surface area (Å²) < 4.78 is 0. The first-order chi connectivity index (χ1) is 14.0. The Morgan fingerprint density at radius 1 is 0.897 bits per heavy atom. The van der Waals surface area contributed by atoms with Crippen LogP contribution in [0.4, 0.5) is 0 Å². The van der Waals surface area contributed by atoms with Crippen molar-refractivity contribution >= 4 is 29.1 Å². The predicted octanol–water partition coefficient (Wildman–Crippen LogP) is 2.24. The van der Waals surface area contributed by atoms with Gasteiger partial charge in [-0.1, -0.05) is 60.7 Å². The molecule has 3 amide bonds. The van der Waals surface area contributed by atoms with Gasteiger partial charge in [0.15, 0.2) is 0 Å². The summed E-state index contributed by atoms with van der Waals surface area (Å²) in [5, 5.41) is 3.25. The highest BCUT2D eigenvalue weighted by molar-refractivity contribution is 7.17. The number of hydrazine groups is 1. The van der Waals surface area contributed by atoms with Crippen LogP contribution in [0.1, 0.15) is 20.9 Å². The summed E-state index contributed by atoms with van der Waals surface area (Å²) in [6.45, 7) is 1.51. The Labute approximate surface area is 172 Å². The van der Waals surface area contributed by atoms with E-state index in [1.54, 1.807) is 6.92 Å². The lowest BCUT2D eigenvalue weighted by Gasteiger charge is -2.08. The molecule has 3 aromatic rings. The molecule has 0 unspecified atom stereocenters. The van der Waals surface area contributed by atoms with Gasteiger partial charge in [-0.15, -0.1) is 11.3 Å². The van der Waals surface area contributed by atoms with E-state index in [9.17, 15) is 14.4 Å². The average Bonchev–Trinajstić information content (AvgIpc) is 3.13. The summed E-state index contributed by atoms with van der Waals surface area (Å²) in [5.41, 5.74) is 7.02. The zero-order valence-corrected chi connectivity index (χ0v) is 16.6. The van der Waals surface area contributed by atoms with Crippen molar-refractivity contribution < 1.29 is 14.4 Å². The summed E-state index contributed by atoms with van der Waals surface area (Å²) >= 11 is 1.25. The predicted molar refractivity (Wildman–Crippen MR) is 111 cm³/mol. The van der Waals surface area contributed by atoms with Gasteiger partial charge in [0.25, 0.3) is 11.8 Å². The van der Waals surface area contributed by atoms with E-state index in [-0.39, 0.29) is 18.9 Å². The van der Waals surface area contributed by atoms with Gasteiger partial charge in [0, 0.05) is 5.56 Å². The standard InChI is InChI=1S/C21H20N4O3S/c1-14-19(29-21(23-14)16-10-6-3-7-11-16)20(28)25-24-18(27)13-22-17(26)12-15-8-4-2-5-9-15/h2-11H,12-13H2,1H3,(H,22,26)(H,24,27)(H,25,28). The van der Waals surface area contributed by atoms with Gasteiger partial charge in [0.05, 0.1) is 18.7 Å². The van der Waals surface area contributed by atoms with E-state index >= 15 is 0 Å². The minimum atomic E-state index is -0.523. The van der Waals surface area contributed by atoms with Crippen molar-refractivity contribution in [2.75, 3.05) is 6.54 Å². The van der Waals surface area contributed by atoms with E-state index in [4.69, 9.17) is 0 Å². The number of thiazole rings is 1. The lowest BCUT2D eigenvalue weighted by atomic mass is 10.1. The lowest BCUT2D eigenvalue weighted by molar-refractivity contribution is -0.126. The molecule has 1 heterocycles. The Bertz CT molecular complexity index is 1000. The van der Waals surface area contributed by atoms with Crippen LogP contribution in [0.15, 0.2) is 60.7 Å². The van der Waals surface area contributed by atoms with Gasteiger partial charge in [-0.2, -0.15) is 0 Å². The smallest absolute Gasteiger partial charge is 0.281 e. The first-order valence-electron chi connectivity index (χ1n) is 8.95. The maximum atomic E-state index is 12.4. The quantitative estimate of drug-likeness (QED) is 0.545. The summed E-state index contributed by atoms with van der Waals surface area (Å²) in [6, 6.07) is 18.8. The maximum Gasteiger partial charge on any atom is 0.281 e. The van der Waals surface area contributed by atoms with Crippen LogP contribution in [0.5, 0.6) is 0 Å². The Kier molecular flexibility index (Phi) is 6.70. The van der Waals surface area contributed by atoms with Gasteiger partial charge in [-0.05, 0) is 12.5 Å². The van der Waals surface area contributed by atoms with Crippen LogP contribution < -0.4 is 16.2 Å². The number of hydrogen-bond acceptors (Lipinski definition) is 5. The van der Waals surface area contributed by atoms with Crippen molar-refractivity contribution in [2.24, 2.45) is 0 Å². The SMILES string of the molecule is Cc1nc(-c2ccccc2)sc1C(=O)NNC(=O)CNC(=O)Cc1ccccc1. The Hall–Kier alpha value is -3.52. The fraction of sp³-hybridized carbons (Fsp3) is 0.143. The van der Waals surface area contributed by atoms with Crippen LogP contribution in [-0.4, -0.2) is 29.3 Å². The highest BCUT2D eigenvalue weighted by atomic mass is 32.1. The molecule has 0 saturated heterocycles. The summed E-state index contributed by atoms with van der Waals surface area (Å²) in [5.74, 6) is -1.25. The number of hydrogen-bond donors (Lipinski definition) is 3. The van der Waals surface area contributed by atoms with Crippen LogP contribution in [0.3, 0.4) is 0 Å². The van der Waals surface area contributed by atoms with Crippen LogP contribution in [-0.2, 0) is 16.0 Å². The Balaban J connectivity index is 1.47. The molecule has 7 nitrogen and oxygen atoms in total. The van der Waals surface area contributed by atoms with Crippen LogP contribution >= 0.6 is 11.3 Å². The monoisotopic (exact) mass is 408 g/mol. The minimum Gasteiger partial charge on any atom is -0.347 e. The zero-order valence-electron chi connectivity index (χ0n) is 15.8. The normalized spacial score (nSPS) is 10.2. The molecule has 0 aliphatic carbocycles. The molecule has 148 valence electrons. The maximum absolute atomic E-state index is 12.4. The van der Waals surface area contributed by atoms with E-state index in [0.29, 0.717) is 10.6 Å². The molecule has 0 fully saturated rings. The third-order valence-corrected chi connectivity index (χ3v) is 5.20. The minimum absolute atomic E-state index is 0.183. The molecule has 8 heteroatoms. The third kappa shape index (κ3) is 5.73. The molecule has 1 aromatic heterocycles. The number of amides is 3. The van der Waals surface area contributed by atoms with Crippen LogP contribution in [0, 0.1) is 6.92 Å². The molecular weight excluding hydrogens is 388 g/mol. The van der Waals surface area contributed by atoms with Crippen molar-refractivity contribution in [1.82, 2.24) is 21.2 Å². The molecule has 0 radical (unpaired) electrons. The molecule has 2 aromatic carbocycles. The molecule has 0 saturated carbocycles. The fourth-order valence-electron chi connectivity index (χ4n) is 2.56. The highest BCUT2D eigenvalue weighted by Gasteiger charge is 2.17. The van der Waals surface area contributed by atoms with E-state index in [1.165, 1.54) is 11.3 Å². The first-order valence-corrected chi connectivity index (χ1v) is 9.77. The second-order valence-electron chi connectivity index (χ2n) is 6.24. The number of aromatic nitrogens is 1. The summed E-state index contributed by atoms with van der Waals surface area (Å²) in [4.78, 5) is 40.9. The van der Waals surface area contributed by atoms with E-state index in [2.05, 4.69) is 21.2 Å². The number of nitrogens with zero attached hydrogens (tertiary/aromatic N) is 1. The number of aryl methyl sites for hydroxylation is 1. The van der Waals surface area contributed by atoms with Gasteiger partial charge in [0.1, 0.15) is 9.88 Å². The fourth-order valence-corrected chi connectivity index (χ4v) is 3.53.